The summed E-state index contributed by atoms with van der Waals surface area (Å²) >= 11 is 0. The fourth-order valence-electron chi connectivity index (χ4n) is 2.51. The van der Waals surface area contributed by atoms with Gasteiger partial charge >= 0.3 is 0 Å². The van der Waals surface area contributed by atoms with Crippen molar-refractivity contribution in [2.45, 2.75) is 45.1 Å². The highest BCUT2D eigenvalue weighted by Crippen LogP contribution is 2.10. The minimum Gasteiger partial charge on any atom is -0.356 e. The number of aliphatic imine (C=N–C) groups is 1. The number of hydrogen-bond donors (Lipinski definition) is 2. The average molecular weight is 319 g/mol. The molecule has 23 heavy (non-hydrogen) atoms. The fourth-order valence-corrected chi connectivity index (χ4v) is 2.51. The number of unbranched alkanes of at least 4 members (excludes halogenated alkanes) is 4. The summed E-state index contributed by atoms with van der Waals surface area (Å²) in [7, 11) is 6.10. The zero-order chi connectivity index (χ0) is 16.9. The largest absolute Gasteiger partial charge is 0.356 e. The molecule has 1 rings (SSSR count). The van der Waals surface area contributed by atoms with Crippen LogP contribution in [0.3, 0.4) is 0 Å². The Kier molecular flexibility index (Phi) is 10.1. The van der Waals surface area contributed by atoms with Gasteiger partial charge in [0.2, 0.25) is 0 Å². The van der Waals surface area contributed by atoms with E-state index in [2.05, 4.69) is 65.8 Å². The molecule has 130 valence electrons. The number of benzene rings is 1. The van der Waals surface area contributed by atoms with Crippen LogP contribution in [0, 0.1) is 0 Å². The van der Waals surface area contributed by atoms with Crippen molar-refractivity contribution in [2.75, 3.05) is 34.2 Å². The maximum atomic E-state index is 4.31. The van der Waals surface area contributed by atoms with Crippen LogP contribution >= 0.6 is 0 Å². The van der Waals surface area contributed by atoms with Gasteiger partial charge in [-0.1, -0.05) is 49.6 Å². The Labute approximate surface area is 142 Å². The smallest absolute Gasteiger partial charge is 0.191 e. The Morgan fingerprint density at radius 3 is 2.35 bits per heavy atom. The van der Waals surface area contributed by atoms with E-state index in [1.54, 1.807) is 0 Å². The molecule has 0 saturated carbocycles. The van der Waals surface area contributed by atoms with Gasteiger partial charge in [-0.25, -0.2) is 0 Å². The van der Waals surface area contributed by atoms with Crippen molar-refractivity contribution in [3.05, 3.63) is 35.9 Å². The molecule has 1 unspecified atom stereocenters. The van der Waals surface area contributed by atoms with Crippen LogP contribution in [-0.2, 0) is 0 Å². The first-order valence-corrected chi connectivity index (χ1v) is 8.80. The van der Waals surface area contributed by atoms with Crippen molar-refractivity contribution in [3.63, 3.8) is 0 Å². The minimum atomic E-state index is 0.258. The topological polar surface area (TPSA) is 39.7 Å². The van der Waals surface area contributed by atoms with Gasteiger partial charge in [0.1, 0.15) is 0 Å². The van der Waals surface area contributed by atoms with E-state index in [1.807, 2.05) is 13.1 Å². The maximum absolute atomic E-state index is 4.31. The van der Waals surface area contributed by atoms with Crippen LogP contribution in [0.15, 0.2) is 35.3 Å². The van der Waals surface area contributed by atoms with Gasteiger partial charge in [-0.3, -0.25) is 4.99 Å². The lowest BCUT2D eigenvalue weighted by atomic mass is 10.1. The molecule has 0 aliphatic heterocycles. The van der Waals surface area contributed by atoms with Crippen molar-refractivity contribution < 1.29 is 0 Å². The van der Waals surface area contributed by atoms with Crippen LogP contribution in [-0.4, -0.2) is 45.1 Å². The highest BCUT2D eigenvalue weighted by molar-refractivity contribution is 5.80. The predicted octanol–water partition coefficient (Wildman–Crippen LogP) is 3.42. The summed E-state index contributed by atoms with van der Waals surface area (Å²) in [5, 5.41) is 6.85. The summed E-state index contributed by atoms with van der Waals surface area (Å²) < 4.78 is 0. The van der Waals surface area contributed by atoms with Gasteiger partial charge in [0.25, 0.3) is 0 Å². The first-order valence-electron chi connectivity index (χ1n) is 8.80. The molecule has 1 atom stereocenters. The third-order valence-corrected chi connectivity index (χ3v) is 3.95. The van der Waals surface area contributed by atoms with E-state index in [0.29, 0.717) is 0 Å². The van der Waals surface area contributed by atoms with E-state index in [-0.39, 0.29) is 6.04 Å². The Hall–Kier alpha value is -1.55. The highest BCUT2D eigenvalue weighted by Gasteiger charge is 2.06. The summed E-state index contributed by atoms with van der Waals surface area (Å²) in [5.74, 6) is 0.883. The molecule has 0 spiro atoms. The lowest BCUT2D eigenvalue weighted by molar-refractivity contribution is 0.389. The zero-order valence-electron chi connectivity index (χ0n) is 15.3. The molecular weight excluding hydrogens is 284 g/mol. The number of nitrogens with zero attached hydrogens (tertiary/aromatic N) is 2. The van der Waals surface area contributed by atoms with Gasteiger partial charge < -0.3 is 15.5 Å². The second-order valence-corrected chi connectivity index (χ2v) is 6.35. The van der Waals surface area contributed by atoms with E-state index in [4.69, 9.17) is 0 Å². The van der Waals surface area contributed by atoms with E-state index in [0.717, 1.165) is 12.5 Å². The van der Waals surface area contributed by atoms with Crippen LogP contribution in [0.25, 0.3) is 0 Å². The van der Waals surface area contributed by atoms with Crippen molar-refractivity contribution in [1.82, 2.24) is 15.5 Å². The summed E-state index contributed by atoms with van der Waals surface area (Å²) in [6.07, 6.45) is 6.43. The van der Waals surface area contributed by atoms with Gasteiger partial charge in [-0.15, -0.1) is 0 Å². The molecule has 0 aliphatic carbocycles. The fraction of sp³-hybridized carbons (Fsp3) is 0.632. The molecule has 0 radical (unpaired) electrons. The lowest BCUT2D eigenvalue weighted by Crippen LogP contribution is -2.39. The van der Waals surface area contributed by atoms with Gasteiger partial charge in [0.05, 0.1) is 6.04 Å². The monoisotopic (exact) mass is 318 g/mol. The molecule has 0 aliphatic rings. The zero-order valence-corrected chi connectivity index (χ0v) is 15.3. The molecule has 2 N–H and O–H groups in total. The number of nitrogens with one attached hydrogen (secondary N) is 2. The highest BCUT2D eigenvalue weighted by atomic mass is 15.2. The van der Waals surface area contributed by atoms with Crippen LogP contribution in [0.4, 0.5) is 0 Å². The van der Waals surface area contributed by atoms with Crippen LogP contribution < -0.4 is 10.6 Å². The molecular formula is C19H34N4. The summed E-state index contributed by atoms with van der Waals surface area (Å²) in [4.78, 5) is 6.56. The molecule has 4 nitrogen and oxygen atoms in total. The SMILES string of the molecule is CN=C(NCCCCCCCN(C)C)NC(C)c1ccccc1. The second kappa shape index (κ2) is 11.9. The van der Waals surface area contributed by atoms with E-state index < -0.39 is 0 Å². The third kappa shape index (κ3) is 9.24. The predicted molar refractivity (Wildman–Crippen MR) is 101 cm³/mol. The summed E-state index contributed by atoms with van der Waals surface area (Å²) in [5.41, 5.74) is 1.27. The number of hydrogen-bond acceptors (Lipinski definition) is 2. The van der Waals surface area contributed by atoms with Crippen LogP contribution in [0.1, 0.15) is 50.6 Å². The molecule has 0 bridgehead atoms. The molecule has 4 heteroatoms. The summed E-state index contributed by atoms with van der Waals surface area (Å²) in [6.45, 7) is 4.34. The first-order chi connectivity index (χ1) is 11.1. The van der Waals surface area contributed by atoms with Crippen molar-refractivity contribution >= 4 is 5.96 Å². The standard InChI is InChI=1S/C19H34N4/c1-17(18-13-9-8-10-14-18)22-19(20-2)21-15-11-6-5-7-12-16-23(3)4/h8-10,13-14,17H,5-7,11-12,15-16H2,1-4H3,(H2,20,21,22). The third-order valence-electron chi connectivity index (χ3n) is 3.95. The molecule has 0 saturated heterocycles. The molecule has 0 fully saturated rings. The van der Waals surface area contributed by atoms with E-state index in [1.165, 1.54) is 44.2 Å². The van der Waals surface area contributed by atoms with Crippen molar-refractivity contribution in [3.8, 4) is 0 Å². The maximum Gasteiger partial charge on any atom is 0.191 e. The van der Waals surface area contributed by atoms with Crippen LogP contribution in [0.5, 0.6) is 0 Å². The Morgan fingerprint density at radius 2 is 1.70 bits per heavy atom. The number of guanidine groups is 1. The average Bonchev–Trinajstić information content (AvgIpc) is 2.56. The lowest BCUT2D eigenvalue weighted by Gasteiger charge is -2.18. The Morgan fingerprint density at radius 1 is 1.04 bits per heavy atom. The molecule has 1 aromatic rings. The Balaban J connectivity index is 2.13. The molecule has 1 aromatic carbocycles. The number of rotatable bonds is 10. The van der Waals surface area contributed by atoms with E-state index in [9.17, 15) is 0 Å². The van der Waals surface area contributed by atoms with E-state index >= 15 is 0 Å². The normalized spacial score (nSPS) is 13.2. The van der Waals surface area contributed by atoms with Gasteiger partial charge in [0, 0.05) is 13.6 Å². The minimum absolute atomic E-state index is 0.258. The molecule has 0 heterocycles. The van der Waals surface area contributed by atoms with Gasteiger partial charge in [0.15, 0.2) is 5.96 Å². The summed E-state index contributed by atoms with van der Waals surface area (Å²) in [6, 6.07) is 10.7. The quantitative estimate of drug-likeness (QED) is 0.394. The van der Waals surface area contributed by atoms with Gasteiger partial charge in [-0.05, 0) is 46.0 Å². The molecule has 0 amide bonds. The van der Waals surface area contributed by atoms with Crippen LogP contribution in [0.2, 0.25) is 0 Å². The second-order valence-electron chi connectivity index (χ2n) is 6.35. The molecule has 0 aromatic heterocycles. The first kappa shape index (κ1) is 19.5. The van der Waals surface area contributed by atoms with Gasteiger partial charge in [-0.2, -0.15) is 0 Å². The van der Waals surface area contributed by atoms with Crippen molar-refractivity contribution in [2.24, 2.45) is 4.99 Å². The Bertz CT molecular complexity index is 428. The van der Waals surface area contributed by atoms with Crippen molar-refractivity contribution in [1.29, 1.82) is 0 Å².